The van der Waals surface area contributed by atoms with Crippen molar-refractivity contribution in [3.05, 3.63) is 48.0 Å². The van der Waals surface area contributed by atoms with Crippen LogP contribution in [-0.4, -0.2) is 19.8 Å². The van der Waals surface area contributed by atoms with Crippen molar-refractivity contribution in [2.75, 3.05) is 19.8 Å². The Kier molecular flexibility index (Phi) is 3.88. The lowest BCUT2D eigenvalue weighted by molar-refractivity contribution is 0.171. The van der Waals surface area contributed by atoms with Crippen molar-refractivity contribution in [2.45, 2.75) is 13.5 Å². The second kappa shape index (κ2) is 5.97. The number of hydrogen-bond acceptors (Lipinski definition) is 3. The van der Waals surface area contributed by atoms with Crippen molar-refractivity contribution in [1.29, 1.82) is 0 Å². The summed E-state index contributed by atoms with van der Waals surface area (Å²) in [6.45, 7) is 5.27. The molecule has 20 heavy (non-hydrogen) atoms. The Morgan fingerprint density at radius 3 is 2.35 bits per heavy atom. The van der Waals surface area contributed by atoms with Crippen LogP contribution in [0.3, 0.4) is 0 Å². The second-order valence-corrected chi connectivity index (χ2v) is 4.84. The second-order valence-electron chi connectivity index (χ2n) is 4.84. The summed E-state index contributed by atoms with van der Waals surface area (Å²) in [7, 11) is 0. The molecule has 0 aromatic heterocycles. The summed E-state index contributed by atoms with van der Waals surface area (Å²) >= 11 is 0. The summed E-state index contributed by atoms with van der Waals surface area (Å²) < 4.78 is 11.2. The molecule has 0 aliphatic carbocycles. The molecule has 1 aliphatic rings. The first-order valence-electron chi connectivity index (χ1n) is 7.06. The molecule has 2 aromatic rings. The van der Waals surface area contributed by atoms with E-state index in [9.17, 15) is 0 Å². The zero-order chi connectivity index (χ0) is 13.8. The van der Waals surface area contributed by atoms with Crippen molar-refractivity contribution < 1.29 is 9.47 Å². The third kappa shape index (κ3) is 2.78. The van der Waals surface area contributed by atoms with Gasteiger partial charge in [0.2, 0.25) is 0 Å². The topological polar surface area (TPSA) is 30.5 Å². The molecule has 0 atom stereocenters. The van der Waals surface area contributed by atoms with Crippen LogP contribution in [0.5, 0.6) is 11.5 Å². The summed E-state index contributed by atoms with van der Waals surface area (Å²) in [5, 5.41) is 3.33. The van der Waals surface area contributed by atoms with Crippen LogP contribution in [0.2, 0.25) is 0 Å². The van der Waals surface area contributed by atoms with Crippen molar-refractivity contribution in [2.24, 2.45) is 0 Å². The molecule has 0 radical (unpaired) electrons. The van der Waals surface area contributed by atoms with Crippen LogP contribution < -0.4 is 14.8 Å². The average Bonchev–Trinajstić information content (AvgIpc) is 2.53. The van der Waals surface area contributed by atoms with Crippen LogP contribution in [0.4, 0.5) is 0 Å². The standard InChI is InChI=1S/C17H19NO2/c1-2-18-12-13-3-5-14(6-4-13)15-7-8-16-17(11-15)20-10-9-19-16/h3-8,11,18H,2,9-10,12H2,1H3. The van der Waals surface area contributed by atoms with E-state index in [1.54, 1.807) is 0 Å². The van der Waals surface area contributed by atoms with Crippen molar-refractivity contribution >= 4 is 0 Å². The van der Waals surface area contributed by atoms with E-state index in [0.29, 0.717) is 13.2 Å². The molecule has 0 saturated heterocycles. The van der Waals surface area contributed by atoms with Gasteiger partial charge >= 0.3 is 0 Å². The van der Waals surface area contributed by atoms with Crippen molar-refractivity contribution in [3.8, 4) is 22.6 Å². The number of ether oxygens (including phenoxy) is 2. The molecule has 3 heteroatoms. The van der Waals surface area contributed by atoms with Gasteiger partial charge in [-0.05, 0) is 35.4 Å². The quantitative estimate of drug-likeness (QED) is 0.924. The third-order valence-electron chi connectivity index (χ3n) is 3.41. The van der Waals surface area contributed by atoms with E-state index < -0.39 is 0 Å². The predicted molar refractivity (Wildman–Crippen MR) is 80.2 cm³/mol. The van der Waals surface area contributed by atoms with Crippen molar-refractivity contribution in [3.63, 3.8) is 0 Å². The zero-order valence-corrected chi connectivity index (χ0v) is 11.7. The average molecular weight is 269 g/mol. The fourth-order valence-electron chi connectivity index (χ4n) is 2.31. The molecular formula is C17H19NO2. The fourth-order valence-corrected chi connectivity index (χ4v) is 2.31. The summed E-state index contributed by atoms with van der Waals surface area (Å²) in [4.78, 5) is 0. The molecule has 0 unspecified atom stereocenters. The van der Waals surface area contributed by atoms with Gasteiger partial charge in [-0.15, -0.1) is 0 Å². The van der Waals surface area contributed by atoms with E-state index in [1.165, 1.54) is 11.1 Å². The van der Waals surface area contributed by atoms with Gasteiger partial charge < -0.3 is 14.8 Å². The highest BCUT2D eigenvalue weighted by molar-refractivity contribution is 5.67. The molecule has 3 nitrogen and oxygen atoms in total. The van der Waals surface area contributed by atoms with Crippen LogP contribution in [0.15, 0.2) is 42.5 Å². The Morgan fingerprint density at radius 2 is 1.60 bits per heavy atom. The number of benzene rings is 2. The van der Waals surface area contributed by atoms with Crippen molar-refractivity contribution in [1.82, 2.24) is 5.32 Å². The third-order valence-corrected chi connectivity index (χ3v) is 3.41. The lowest BCUT2D eigenvalue weighted by atomic mass is 10.0. The van der Waals surface area contributed by atoms with Gasteiger partial charge in [-0.2, -0.15) is 0 Å². The van der Waals surface area contributed by atoms with Gasteiger partial charge in [-0.25, -0.2) is 0 Å². The number of rotatable bonds is 4. The van der Waals surface area contributed by atoms with Gasteiger partial charge in [0, 0.05) is 6.54 Å². The molecule has 1 N–H and O–H groups in total. The minimum Gasteiger partial charge on any atom is -0.486 e. The number of nitrogens with one attached hydrogen (secondary N) is 1. The van der Waals surface area contributed by atoms with Gasteiger partial charge in [0.05, 0.1) is 0 Å². The van der Waals surface area contributed by atoms with Gasteiger partial charge in [0.25, 0.3) is 0 Å². The van der Waals surface area contributed by atoms with Crippen LogP contribution in [0.25, 0.3) is 11.1 Å². The Morgan fingerprint density at radius 1 is 0.900 bits per heavy atom. The summed E-state index contributed by atoms with van der Waals surface area (Å²) in [5.41, 5.74) is 3.65. The van der Waals surface area contributed by atoms with Crippen LogP contribution >= 0.6 is 0 Å². The van der Waals surface area contributed by atoms with Gasteiger partial charge in [0.1, 0.15) is 13.2 Å². The Labute approximate surface area is 119 Å². The minimum absolute atomic E-state index is 0.623. The first-order chi connectivity index (χ1) is 9.86. The SMILES string of the molecule is CCNCc1ccc(-c2ccc3c(c2)OCCO3)cc1. The molecule has 3 rings (SSSR count). The number of fused-ring (bicyclic) bond motifs is 1. The minimum atomic E-state index is 0.623. The molecule has 0 fully saturated rings. The molecule has 1 heterocycles. The smallest absolute Gasteiger partial charge is 0.161 e. The van der Waals surface area contributed by atoms with E-state index in [-0.39, 0.29) is 0 Å². The maximum absolute atomic E-state index is 5.63. The van der Waals surface area contributed by atoms with Gasteiger partial charge in [0.15, 0.2) is 11.5 Å². The van der Waals surface area contributed by atoms with Crippen LogP contribution in [0, 0.1) is 0 Å². The maximum atomic E-state index is 5.63. The van der Waals surface area contributed by atoms with Gasteiger partial charge in [-0.3, -0.25) is 0 Å². The zero-order valence-electron chi connectivity index (χ0n) is 11.7. The first kappa shape index (κ1) is 13.0. The monoisotopic (exact) mass is 269 g/mol. The predicted octanol–water partition coefficient (Wildman–Crippen LogP) is 3.23. The highest BCUT2D eigenvalue weighted by atomic mass is 16.6. The first-order valence-corrected chi connectivity index (χ1v) is 7.06. The molecule has 1 aliphatic heterocycles. The van der Waals surface area contributed by atoms with Crippen LogP contribution in [-0.2, 0) is 6.54 Å². The lowest BCUT2D eigenvalue weighted by Gasteiger charge is -2.19. The Hall–Kier alpha value is -2.00. The number of hydrogen-bond donors (Lipinski definition) is 1. The summed E-state index contributed by atoms with van der Waals surface area (Å²) in [5.74, 6) is 1.68. The molecule has 0 spiro atoms. The van der Waals surface area contributed by atoms with E-state index >= 15 is 0 Å². The summed E-state index contributed by atoms with van der Waals surface area (Å²) in [6, 6.07) is 14.7. The highest BCUT2D eigenvalue weighted by Gasteiger charge is 2.12. The van der Waals surface area contributed by atoms with E-state index in [4.69, 9.17) is 9.47 Å². The van der Waals surface area contributed by atoms with E-state index in [1.807, 2.05) is 12.1 Å². The maximum Gasteiger partial charge on any atom is 0.161 e. The molecule has 2 aromatic carbocycles. The molecule has 0 saturated carbocycles. The molecule has 0 amide bonds. The van der Waals surface area contributed by atoms with Gasteiger partial charge in [-0.1, -0.05) is 37.3 Å². The highest BCUT2D eigenvalue weighted by Crippen LogP contribution is 2.34. The molecule has 104 valence electrons. The lowest BCUT2D eigenvalue weighted by Crippen LogP contribution is -2.15. The molecule has 0 bridgehead atoms. The normalized spacial score (nSPS) is 13.2. The Bertz CT molecular complexity index is 578. The van der Waals surface area contributed by atoms with Crippen LogP contribution in [0.1, 0.15) is 12.5 Å². The van der Waals surface area contributed by atoms with E-state index in [2.05, 4.69) is 42.6 Å². The summed E-state index contributed by atoms with van der Waals surface area (Å²) in [6.07, 6.45) is 0. The fraction of sp³-hybridized carbons (Fsp3) is 0.294. The van der Waals surface area contributed by atoms with E-state index in [0.717, 1.165) is 30.2 Å². The molecular weight excluding hydrogens is 250 g/mol. The Balaban J connectivity index is 1.81. The largest absolute Gasteiger partial charge is 0.486 e.